The molecular weight excluding hydrogens is 200 g/mol. The van der Waals surface area contributed by atoms with E-state index in [0.717, 1.165) is 12.8 Å². The van der Waals surface area contributed by atoms with Crippen LogP contribution in [0.25, 0.3) is 0 Å². The summed E-state index contributed by atoms with van der Waals surface area (Å²) < 4.78 is 5.33. The predicted octanol–water partition coefficient (Wildman–Crippen LogP) is 1.03. The molecule has 0 aliphatic heterocycles. The molecule has 1 rings (SSSR count). The molecule has 0 bridgehead atoms. The average Bonchev–Trinajstić information content (AvgIpc) is 2.26. The van der Waals surface area contributed by atoms with Crippen molar-refractivity contribution in [3.63, 3.8) is 0 Å². The highest BCUT2D eigenvalue weighted by molar-refractivity contribution is 7.99. The molecule has 0 heterocycles. The number of methoxy groups -OCH3 is 1. The quantitative estimate of drug-likeness (QED) is 0.726. The molecule has 0 aromatic carbocycles. The molecule has 1 saturated carbocycles. The summed E-state index contributed by atoms with van der Waals surface area (Å²) in [6, 6.07) is 0. The van der Waals surface area contributed by atoms with Crippen LogP contribution in [0.3, 0.4) is 0 Å². The highest BCUT2D eigenvalue weighted by atomic mass is 32.2. The largest absolute Gasteiger partial charge is 0.394 e. The van der Waals surface area contributed by atoms with Gasteiger partial charge in [0.25, 0.3) is 0 Å². The van der Waals surface area contributed by atoms with Gasteiger partial charge in [-0.25, -0.2) is 0 Å². The van der Waals surface area contributed by atoms with E-state index in [1.165, 1.54) is 12.8 Å². The molecule has 1 aliphatic carbocycles. The van der Waals surface area contributed by atoms with Crippen molar-refractivity contribution >= 4 is 11.8 Å². The normalized spacial score (nSPS) is 30.2. The SMILES string of the molecule is COC1CCCC(SCC(O)CO)C1. The summed E-state index contributed by atoms with van der Waals surface area (Å²) in [6.07, 6.45) is 4.50. The van der Waals surface area contributed by atoms with Crippen LogP contribution in [-0.4, -0.2) is 47.1 Å². The van der Waals surface area contributed by atoms with E-state index < -0.39 is 6.10 Å². The number of ether oxygens (including phenoxy) is 1. The lowest BCUT2D eigenvalue weighted by Gasteiger charge is -2.28. The van der Waals surface area contributed by atoms with E-state index in [0.29, 0.717) is 17.1 Å². The molecule has 2 N–H and O–H groups in total. The topological polar surface area (TPSA) is 49.7 Å². The molecule has 14 heavy (non-hydrogen) atoms. The summed E-state index contributed by atoms with van der Waals surface area (Å²) in [5.74, 6) is 0.637. The van der Waals surface area contributed by atoms with E-state index in [1.807, 2.05) is 0 Å². The first kappa shape index (κ1) is 12.3. The Morgan fingerprint density at radius 1 is 1.50 bits per heavy atom. The van der Waals surface area contributed by atoms with Gasteiger partial charge in [0.05, 0.1) is 18.8 Å². The molecule has 0 spiro atoms. The number of hydrogen-bond donors (Lipinski definition) is 2. The monoisotopic (exact) mass is 220 g/mol. The van der Waals surface area contributed by atoms with Crippen molar-refractivity contribution in [2.75, 3.05) is 19.5 Å². The van der Waals surface area contributed by atoms with Crippen molar-refractivity contribution in [1.82, 2.24) is 0 Å². The summed E-state index contributed by atoms with van der Waals surface area (Å²) in [5.41, 5.74) is 0. The highest BCUT2D eigenvalue weighted by Gasteiger charge is 2.22. The van der Waals surface area contributed by atoms with Crippen LogP contribution in [-0.2, 0) is 4.74 Å². The van der Waals surface area contributed by atoms with Crippen LogP contribution in [0.15, 0.2) is 0 Å². The third-order valence-electron chi connectivity index (χ3n) is 2.65. The lowest BCUT2D eigenvalue weighted by Crippen LogP contribution is -2.25. The lowest BCUT2D eigenvalue weighted by atomic mass is 9.97. The average molecular weight is 220 g/mol. The van der Waals surface area contributed by atoms with Gasteiger partial charge in [-0.05, 0) is 25.7 Å². The van der Waals surface area contributed by atoms with Crippen molar-refractivity contribution in [2.24, 2.45) is 0 Å². The van der Waals surface area contributed by atoms with Gasteiger partial charge in [-0.2, -0.15) is 11.8 Å². The Morgan fingerprint density at radius 3 is 2.93 bits per heavy atom. The van der Waals surface area contributed by atoms with Crippen LogP contribution >= 0.6 is 11.8 Å². The Hall–Kier alpha value is 0.230. The van der Waals surface area contributed by atoms with Crippen molar-refractivity contribution in [1.29, 1.82) is 0 Å². The number of aliphatic hydroxyl groups excluding tert-OH is 2. The highest BCUT2D eigenvalue weighted by Crippen LogP contribution is 2.30. The summed E-state index contributed by atoms with van der Waals surface area (Å²) in [5, 5.41) is 18.5. The maximum absolute atomic E-state index is 9.21. The summed E-state index contributed by atoms with van der Waals surface area (Å²) in [4.78, 5) is 0. The molecule has 1 aliphatic rings. The summed E-state index contributed by atoms with van der Waals surface area (Å²) in [7, 11) is 1.76. The fraction of sp³-hybridized carbons (Fsp3) is 1.00. The molecule has 0 saturated heterocycles. The first-order valence-corrected chi connectivity index (χ1v) is 6.24. The van der Waals surface area contributed by atoms with Crippen LogP contribution < -0.4 is 0 Å². The Labute approximate surface area is 89.8 Å². The van der Waals surface area contributed by atoms with Gasteiger partial charge in [0.1, 0.15) is 0 Å². The van der Waals surface area contributed by atoms with Gasteiger partial charge in [0.2, 0.25) is 0 Å². The molecule has 0 aromatic heterocycles. The summed E-state index contributed by atoms with van der Waals surface area (Å²) >= 11 is 1.76. The minimum absolute atomic E-state index is 0.132. The lowest BCUT2D eigenvalue weighted by molar-refractivity contribution is 0.0727. The standard InChI is InChI=1S/C10H20O3S/c1-13-9-3-2-4-10(5-9)14-7-8(12)6-11/h8-12H,2-7H2,1H3. The Kier molecular flexibility index (Phi) is 5.86. The fourth-order valence-electron chi connectivity index (χ4n) is 1.77. The zero-order valence-corrected chi connectivity index (χ0v) is 9.50. The zero-order valence-electron chi connectivity index (χ0n) is 8.69. The van der Waals surface area contributed by atoms with Crippen LogP contribution in [0.5, 0.6) is 0 Å². The van der Waals surface area contributed by atoms with Crippen molar-refractivity contribution in [3.05, 3.63) is 0 Å². The van der Waals surface area contributed by atoms with Crippen LogP contribution in [0.2, 0.25) is 0 Å². The van der Waals surface area contributed by atoms with Crippen molar-refractivity contribution in [2.45, 2.75) is 43.1 Å². The molecule has 4 heteroatoms. The molecule has 3 unspecified atom stereocenters. The Balaban J connectivity index is 2.17. The number of aliphatic hydroxyl groups is 2. The minimum atomic E-state index is -0.567. The van der Waals surface area contributed by atoms with Gasteiger partial charge in [0, 0.05) is 18.1 Å². The zero-order chi connectivity index (χ0) is 10.4. The minimum Gasteiger partial charge on any atom is -0.394 e. The van der Waals surface area contributed by atoms with E-state index in [9.17, 15) is 5.11 Å². The first-order chi connectivity index (χ1) is 6.76. The van der Waals surface area contributed by atoms with E-state index in [1.54, 1.807) is 18.9 Å². The molecule has 0 radical (unpaired) electrons. The third kappa shape index (κ3) is 4.17. The van der Waals surface area contributed by atoms with E-state index in [2.05, 4.69) is 0 Å². The summed E-state index contributed by atoms with van der Waals surface area (Å²) in [6.45, 7) is -0.132. The van der Waals surface area contributed by atoms with Gasteiger partial charge >= 0.3 is 0 Å². The Bertz CT molecular complexity index is 154. The van der Waals surface area contributed by atoms with Crippen LogP contribution in [0.1, 0.15) is 25.7 Å². The number of hydrogen-bond acceptors (Lipinski definition) is 4. The first-order valence-electron chi connectivity index (χ1n) is 5.19. The molecule has 84 valence electrons. The van der Waals surface area contributed by atoms with Gasteiger partial charge < -0.3 is 14.9 Å². The van der Waals surface area contributed by atoms with E-state index >= 15 is 0 Å². The molecule has 0 amide bonds. The van der Waals surface area contributed by atoms with Crippen LogP contribution in [0.4, 0.5) is 0 Å². The van der Waals surface area contributed by atoms with Gasteiger partial charge in [-0.15, -0.1) is 0 Å². The van der Waals surface area contributed by atoms with Crippen molar-refractivity contribution < 1.29 is 14.9 Å². The number of thioether (sulfide) groups is 1. The molecule has 0 aromatic rings. The smallest absolute Gasteiger partial charge is 0.0861 e. The second-order valence-electron chi connectivity index (χ2n) is 3.82. The third-order valence-corrected chi connectivity index (χ3v) is 4.12. The van der Waals surface area contributed by atoms with E-state index in [4.69, 9.17) is 9.84 Å². The maximum atomic E-state index is 9.21. The number of rotatable bonds is 5. The predicted molar refractivity (Wildman–Crippen MR) is 58.6 cm³/mol. The Morgan fingerprint density at radius 2 is 2.29 bits per heavy atom. The van der Waals surface area contributed by atoms with Gasteiger partial charge in [-0.3, -0.25) is 0 Å². The van der Waals surface area contributed by atoms with E-state index in [-0.39, 0.29) is 6.61 Å². The van der Waals surface area contributed by atoms with Gasteiger partial charge in [-0.1, -0.05) is 0 Å². The molecule has 1 fully saturated rings. The second kappa shape index (κ2) is 6.67. The molecular formula is C10H20O3S. The van der Waals surface area contributed by atoms with Gasteiger partial charge in [0.15, 0.2) is 0 Å². The van der Waals surface area contributed by atoms with Crippen molar-refractivity contribution in [3.8, 4) is 0 Å². The second-order valence-corrected chi connectivity index (χ2v) is 5.15. The van der Waals surface area contributed by atoms with Crippen LogP contribution in [0, 0.1) is 0 Å². The molecule has 3 nitrogen and oxygen atoms in total. The fourth-order valence-corrected chi connectivity index (χ4v) is 3.05. The maximum Gasteiger partial charge on any atom is 0.0861 e. The molecule has 3 atom stereocenters.